The minimum Gasteiger partial charge on any atom is -0.393 e. The molecule has 0 unspecified atom stereocenters. The van der Waals surface area contributed by atoms with E-state index < -0.39 is 5.60 Å². The molecule has 84 valence electrons. The molecule has 0 aliphatic carbocycles. The average Bonchev–Trinajstić information content (AvgIpc) is 2.28. The maximum atomic E-state index is 9.19. The predicted octanol–water partition coefficient (Wildman–Crippen LogP) is 1.60. The van der Waals surface area contributed by atoms with Crippen molar-refractivity contribution in [2.75, 3.05) is 20.3 Å². The Morgan fingerprint density at radius 3 is 2.47 bits per heavy atom. The molecule has 0 fully saturated rings. The third-order valence-corrected chi connectivity index (χ3v) is 2.21. The lowest BCUT2D eigenvalue weighted by Crippen LogP contribution is -2.37. The van der Waals surface area contributed by atoms with E-state index in [1.54, 1.807) is 7.11 Å². The highest BCUT2D eigenvalue weighted by Crippen LogP contribution is 2.13. The zero-order valence-corrected chi connectivity index (χ0v) is 9.27. The van der Waals surface area contributed by atoms with Crippen molar-refractivity contribution in [2.45, 2.75) is 19.1 Å². The van der Waals surface area contributed by atoms with E-state index in [1.807, 2.05) is 37.3 Å². The van der Waals surface area contributed by atoms with E-state index in [0.29, 0.717) is 13.2 Å². The monoisotopic (exact) mass is 210 g/mol. The molecule has 3 nitrogen and oxygen atoms in total. The minimum atomic E-state index is -0.620. The quantitative estimate of drug-likeness (QED) is 0.775. The molecule has 0 radical (unpaired) electrons. The summed E-state index contributed by atoms with van der Waals surface area (Å²) in [6.07, 6.45) is 0. The Kier molecular flexibility index (Phi) is 4.75. The summed E-state index contributed by atoms with van der Waals surface area (Å²) < 4.78 is 10.6. The standard InChI is InChI=1S/C12H18O3/c1-12(9-13,10-14-2)15-8-11-6-4-3-5-7-11/h3-7,13H,8-10H2,1-2H3/t12-/m0/s1. The Morgan fingerprint density at radius 1 is 1.27 bits per heavy atom. The number of rotatable bonds is 6. The van der Waals surface area contributed by atoms with E-state index >= 15 is 0 Å². The molecule has 0 heterocycles. The van der Waals surface area contributed by atoms with Gasteiger partial charge < -0.3 is 14.6 Å². The minimum absolute atomic E-state index is 0.0479. The van der Waals surface area contributed by atoms with Crippen molar-refractivity contribution < 1.29 is 14.6 Å². The van der Waals surface area contributed by atoms with Crippen LogP contribution in [0.1, 0.15) is 12.5 Å². The summed E-state index contributed by atoms with van der Waals surface area (Å²) in [5.41, 5.74) is 0.471. The van der Waals surface area contributed by atoms with Crippen molar-refractivity contribution in [3.05, 3.63) is 35.9 Å². The Hall–Kier alpha value is -0.900. The normalized spacial score (nSPS) is 14.9. The van der Waals surface area contributed by atoms with Crippen LogP contribution in [0.15, 0.2) is 30.3 Å². The Morgan fingerprint density at radius 2 is 1.93 bits per heavy atom. The van der Waals surface area contributed by atoms with Gasteiger partial charge in [-0.15, -0.1) is 0 Å². The SMILES string of the molecule is COC[C@](C)(CO)OCc1ccccc1. The zero-order valence-electron chi connectivity index (χ0n) is 9.27. The van der Waals surface area contributed by atoms with Gasteiger partial charge in [0, 0.05) is 7.11 Å². The van der Waals surface area contributed by atoms with Crippen LogP contribution < -0.4 is 0 Å². The smallest absolute Gasteiger partial charge is 0.112 e. The maximum absolute atomic E-state index is 9.19. The number of hydrogen-bond acceptors (Lipinski definition) is 3. The van der Waals surface area contributed by atoms with Gasteiger partial charge in [0.05, 0.1) is 19.8 Å². The first kappa shape index (κ1) is 12.2. The molecule has 0 aromatic heterocycles. The van der Waals surface area contributed by atoms with E-state index in [4.69, 9.17) is 9.47 Å². The molecule has 0 amide bonds. The van der Waals surface area contributed by atoms with Crippen molar-refractivity contribution in [3.8, 4) is 0 Å². The molecule has 0 aliphatic rings. The lowest BCUT2D eigenvalue weighted by molar-refractivity contribution is -0.112. The van der Waals surface area contributed by atoms with Gasteiger partial charge in [-0.2, -0.15) is 0 Å². The van der Waals surface area contributed by atoms with Crippen LogP contribution in [0, 0.1) is 0 Å². The molecule has 15 heavy (non-hydrogen) atoms. The summed E-state index contributed by atoms with van der Waals surface area (Å²) in [5, 5.41) is 9.19. The lowest BCUT2D eigenvalue weighted by atomic mass is 10.1. The molecule has 0 aliphatic heterocycles. The highest BCUT2D eigenvalue weighted by molar-refractivity contribution is 5.13. The van der Waals surface area contributed by atoms with Crippen molar-refractivity contribution >= 4 is 0 Å². The first-order valence-electron chi connectivity index (χ1n) is 4.98. The fourth-order valence-corrected chi connectivity index (χ4v) is 1.27. The number of benzene rings is 1. The van der Waals surface area contributed by atoms with Crippen molar-refractivity contribution in [1.29, 1.82) is 0 Å². The molecule has 0 spiro atoms. The second-order valence-corrected chi connectivity index (χ2v) is 3.82. The molecule has 0 saturated heterocycles. The number of aliphatic hydroxyl groups is 1. The van der Waals surface area contributed by atoms with E-state index in [9.17, 15) is 5.11 Å². The van der Waals surface area contributed by atoms with Crippen LogP contribution in [0.2, 0.25) is 0 Å². The first-order valence-corrected chi connectivity index (χ1v) is 4.98. The maximum Gasteiger partial charge on any atom is 0.112 e. The second kappa shape index (κ2) is 5.85. The largest absolute Gasteiger partial charge is 0.393 e. The molecule has 1 aromatic carbocycles. The first-order chi connectivity index (χ1) is 7.20. The average molecular weight is 210 g/mol. The molecule has 3 heteroatoms. The summed E-state index contributed by atoms with van der Waals surface area (Å²) in [5.74, 6) is 0. The Balaban J connectivity index is 2.47. The Labute approximate surface area is 90.6 Å². The molecule has 1 aromatic rings. The van der Waals surface area contributed by atoms with Gasteiger partial charge in [0.1, 0.15) is 5.60 Å². The van der Waals surface area contributed by atoms with Crippen LogP contribution in [-0.4, -0.2) is 31.0 Å². The summed E-state index contributed by atoms with van der Waals surface area (Å²) >= 11 is 0. The number of methoxy groups -OCH3 is 1. The van der Waals surface area contributed by atoms with E-state index in [1.165, 1.54) is 0 Å². The van der Waals surface area contributed by atoms with Gasteiger partial charge in [-0.1, -0.05) is 30.3 Å². The van der Waals surface area contributed by atoms with Gasteiger partial charge in [0.15, 0.2) is 0 Å². The summed E-state index contributed by atoms with van der Waals surface area (Å²) in [6, 6.07) is 9.87. The Bertz CT molecular complexity index is 273. The molecular formula is C12H18O3. The van der Waals surface area contributed by atoms with Crippen LogP contribution in [0.3, 0.4) is 0 Å². The number of aliphatic hydroxyl groups excluding tert-OH is 1. The molecular weight excluding hydrogens is 192 g/mol. The highest BCUT2D eigenvalue weighted by Gasteiger charge is 2.23. The summed E-state index contributed by atoms with van der Waals surface area (Å²) in [7, 11) is 1.60. The van der Waals surface area contributed by atoms with E-state index in [0.717, 1.165) is 5.56 Å². The second-order valence-electron chi connectivity index (χ2n) is 3.82. The van der Waals surface area contributed by atoms with Gasteiger partial charge in [-0.25, -0.2) is 0 Å². The van der Waals surface area contributed by atoms with E-state index in [2.05, 4.69) is 0 Å². The third kappa shape index (κ3) is 4.00. The van der Waals surface area contributed by atoms with Crippen LogP contribution >= 0.6 is 0 Å². The fourth-order valence-electron chi connectivity index (χ4n) is 1.27. The van der Waals surface area contributed by atoms with Crippen LogP contribution in [0.4, 0.5) is 0 Å². The zero-order chi connectivity index (χ0) is 11.1. The van der Waals surface area contributed by atoms with Gasteiger partial charge in [-0.3, -0.25) is 0 Å². The van der Waals surface area contributed by atoms with Gasteiger partial charge >= 0.3 is 0 Å². The topological polar surface area (TPSA) is 38.7 Å². The summed E-state index contributed by atoms with van der Waals surface area (Å²) in [6.45, 7) is 2.66. The van der Waals surface area contributed by atoms with Crippen molar-refractivity contribution in [1.82, 2.24) is 0 Å². The molecule has 1 rings (SSSR count). The summed E-state index contributed by atoms with van der Waals surface area (Å²) in [4.78, 5) is 0. The van der Waals surface area contributed by atoms with Crippen molar-refractivity contribution in [3.63, 3.8) is 0 Å². The van der Waals surface area contributed by atoms with Crippen molar-refractivity contribution in [2.24, 2.45) is 0 Å². The van der Waals surface area contributed by atoms with Crippen LogP contribution in [0.25, 0.3) is 0 Å². The number of hydrogen-bond donors (Lipinski definition) is 1. The fraction of sp³-hybridized carbons (Fsp3) is 0.500. The van der Waals surface area contributed by atoms with Crippen LogP contribution in [-0.2, 0) is 16.1 Å². The highest BCUT2D eigenvalue weighted by atomic mass is 16.5. The van der Waals surface area contributed by atoms with E-state index in [-0.39, 0.29) is 6.61 Å². The van der Waals surface area contributed by atoms with Gasteiger partial charge in [0.2, 0.25) is 0 Å². The molecule has 1 N–H and O–H groups in total. The molecule has 0 bridgehead atoms. The van der Waals surface area contributed by atoms with Crippen LogP contribution in [0.5, 0.6) is 0 Å². The molecule has 0 saturated carbocycles. The van der Waals surface area contributed by atoms with Gasteiger partial charge in [-0.05, 0) is 12.5 Å². The van der Waals surface area contributed by atoms with Gasteiger partial charge in [0.25, 0.3) is 0 Å². The molecule has 1 atom stereocenters. The third-order valence-electron chi connectivity index (χ3n) is 2.21. The number of ether oxygens (including phenoxy) is 2. The predicted molar refractivity (Wildman–Crippen MR) is 58.6 cm³/mol. The lowest BCUT2D eigenvalue weighted by Gasteiger charge is -2.26.